The van der Waals surface area contributed by atoms with Gasteiger partial charge in [0.1, 0.15) is 5.75 Å². The molecule has 0 aliphatic carbocycles. The van der Waals surface area contributed by atoms with Crippen molar-refractivity contribution in [1.29, 1.82) is 0 Å². The van der Waals surface area contributed by atoms with Crippen molar-refractivity contribution < 1.29 is 9.53 Å². The molecule has 0 aromatic heterocycles. The Bertz CT molecular complexity index is 709. The van der Waals surface area contributed by atoms with E-state index < -0.39 is 0 Å². The molecule has 1 unspecified atom stereocenters. The summed E-state index contributed by atoms with van der Waals surface area (Å²) in [5.41, 5.74) is 5.75. The first kappa shape index (κ1) is 21.0. The van der Waals surface area contributed by atoms with Crippen molar-refractivity contribution in [3.63, 3.8) is 0 Å². The molecular formula is C20H26LiO2P. The number of ether oxygens (including phenoxy) is 1. The van der Waals surface area contributed by atoms with E-state index in [4.69, 9.17) is 4.74 Å². The Morgan fingerprint density at radius 2 is 1.62 bits per heavy atom. The Morgan fingerprint density at radius 3 is 2.21 bits per heavy atom. The molecule has 2 aromatic rings. The Balaban J connectivity index is 0.00000288. The van der Waals surface area contributed by atoms with Crippen LogP contribution < -0.4 is 10.0 Å². The summed E-state index contributed by atoms with van der Waals surface area (Å²) in [6, 6.07) is 10.00. The van der Waals surface area contributed by atoms with Crippen LogP contribution in [0.15, 0.2) is 30.3 Å². The van der Waals surface area contributed by atoms with Crippen molar-refractivity contribution in [2.24, 2.45) is 0 Å². The second-order valence-electron chi connectivity index (χ2n) is 5.96. The van der Waals surface area contributed by atoms with E-state index in [1.807, 2.05) is 31.2 Å². The zero-order chi connectivity index (χ0) is 17.0. The SMILES string of the molecule is CCCOc1ccc(PC(=O)c2c(C)cc(C)c(C)c2C)cc1.[LiH]. The van der Waals surface area contributed by atoms with Crippen molar-refractivity contribution >= 4 is 38.3 Å². The number of hydrogen-bond donors (Lipinski definition) is 0. The van der Waals surface area contributed by atoms with Gasteiger partial charge < -0.3 is 4.74 Å². The van der Waals surface area contributed by atoms with Gasteiger partial charge in [0.2, 0.25) is 0 Å². The molecule has 0 heterocycles. The van der Waals surface area contributed by atoms with Gasteiger partial charge in [-0.1, -0.05) is 25.1 Å². The summed E-state index contributed by atoms with van der Waals surface area (Å²) in [4.78, 5) is 12.8. The molecular weight excluding hydrogens is 310 g/mol. The third-order valence-corrected chi connectivity index (χ3v) is 5.27. The molecule has 2 rings (SSSR count). The molecule has 0 radical (unpaired) electrons. The van der Waals surface area contributed by atoms with Crippen molar-refractivity contribution in [3.05, 3.63) is 58.1 Å². The van der Waals surface area contributed by atoms with Crippen molar-refractivity contribution in [2.45, 2.75) is 41.0 Å². The molecule has 1 atom stereocenters. The van der Waals surface area contributed by atoms with E-state index >= 15 is 0 Å². The average Bonchev–Trinajstić information content (AvgIpc) is 2.52. The number of carbonyl (C=O) groups excluding carboxylic acids is 1. The predicted molar refractivity (Wildman–Crippen MR) is 107 cm³/mol. The van der Waals surface area contributed by atoms with E-state index in [1.165, 1.54) is 11.1 Å². The van der Waals surface area contributed by atoms with Crippen molar-refractivity contribution in [2.75, 3.05) is 6.61 Å². The molecule has 0 spiro atoms. The molecule has 4 heteroatoms. The van der Waals surface area contributed by atoms with Gasteiger partial charge in [-0.05, 0) is 82.4 Å². The van der Waals surface area contributed by atoms with Gasteiger partial charge in [0.25, 0.3) is 0 Å². The summed E-state index contributed by atoms with van der Waals surface area (Å²) in [6.07, 6.45) is 0.993. The maximum atomic E-state index is 12.8. The minimum atomic E-state index is 0. The van der Waals surface area contributed by atoms with Crippen LogP contribution in [0.1, 0.15) is 46.0 Å². The quantitative estimate of drug-likeness (QED) is 0.584. The van der Waals surface area contributed by atoms with Crippen LogP contribution in [-0.2, 0) is 0 Å². The molecule has 0 aliphatic rings. The molecule has 0 amide bonds. The Labute approximate surface area is 159 Å². The van der Waals surface area contributed by atoms with E-state index in [0.717, 1.165) is 40.8 Å². The summed E-state index contributed by atoms with van der Waals surface area (Å²) in [7, 11) is 0.146. The van der Waals surface area contributed by atoms with E-state index in [9.17, 15) is 4.79 Å². The zero-order valence-corrected chi connectivity index (χ0v) is 15.6. The molecule has 2 nitrogen and oxygen atoms in total. The van der Waals surface area contributed by atoms with Gasteiger partial charge >= 0.3 is 18.9 Å². The van der Waals surface area contributed by atoms with E-state index in [1.54, 1.807) is 0 Å². The van der Waals surface area contributed by atoms with Crippen molar-refractivity contribution in [1.82, 2.24) is 0 Å². The fourth-order valence-electron chi connectivity index (χ4n) is 2.68. The van der Waals surface area contributed by atoms with Gasteiger partial charge in [-0.25, -0.2) is 0 Å². The molecule has 0 aliphatic heterocycles. The molecule has 2 aromatic carbocycles. The fourth-order valence-corrected chi connectivity index (χ4v) is 3.79. The van der Waals surface area contributed by atoms with Gasteiger partial charge in [0.15, 0.2) is 5.52 Å². The van der Waals surface area contributed by atoms with Crippen LogP contribution in [0.3, 0.4) is 0 Å². The van der Waals surface area contributed by atoms with E-state index in [-0.39, 0.29) is 33.0 Å². The van der Waals surface area contributed by atoms with E-state index in [2.05, 4.69) is 33.8 Å². The number of hydrogen-bond acceptors (Lipinski definition) is 2. The number of rotatable bonds is 6. The third-order valence-electron chi connectivity index (χ3n) is 4.17. The first-order valence-corrected chi connectivity index (χ1v) is 9.05. The van der Waals surface area contributed by atoms with Gasteiger partial charge in [-0.3, -0.25) is 4.79 Å². The van der Waals surface area contributed by atoms with Crippen LogP contribution in [0, 0.1) is 27.7 Å². The molecule has 24 heavy (non-hydrogen) atoms. The standard InChI is InChI=1S/C20H25O2P.Li.H/c1-6-11-22-17-7-9-18(10-8-17)23-20(21)19-14(3)12-13(2)15(4)16(19)5;;/h7-10,12,23H,6,11H2,1-5H3;;. The molecule has 0 saturated carbocycles. The van der Waals surface area contributed by atoms with E-state index in [0.29, 0.717) is 0 Å². The zero-order valence-electron chi connectivity index (χ0n) is 14.6. The first-order chi connectivity index (χ1) is 10.9. The fraction of sp³-hybridized carbons (Fsp3) is 0.350. The number of benzene rings is 2. The van der Waals surface area contributed by atoms with Gasteiger partial charge in [0.05, 0.1) is 6.61 Å². The normalized spacial score (nSPS) is 10.7. The summed E-state index contributed by atoms with van der Waals surface area (Å²) < 4.78 is 5.59. The summed E-state index contributed by atoms with van der Waals surface area (Å²) in [6.45, 7) is 11.1. The predicted octanol–water partition coefficient (Wildman–Crippen LogP) is 4.20. The van der Waals surface area contributed by atoms with Gasteiger partial charge in [-0.2, -0.15) is 0 Å². The van der Waals surface area contributed by atoms with Crippen LogP contribution in [0.5, 0.6) is 5.75 Å². The summed E-state index contributed by atoms with van der Waals surface area (Å²) >= 11 is 0. The summed E-state index contributed by atoms with van der Waals surface area (Å²) in [5, 5.41) is 1.05. The van der Waals surface area contributed by atoms with Crippen LogP contribution in [0.4, 0.5) is 0 Å². The van der Waals surface area contributed by atoms with Gasteiger partial charge in [-0.15, -0.1) is 0 Å². The second-order valence-corrected chi connectivity index (χ2v) is 7.24. The third kappa shape index (κ3) is 4.97. The average molecular weight is 336 g/mol. The number of carbonyl (C=O) groups is 1. The molecule has 0 saturated heterocycles. The van der Waals surface area contributed by atoms with Crippen LogP contribution in [-0.4, -0.2) is 31.0 Å². The Kier molecular flexibility index (Phi) is 8.24. The Hall–Kier alpha value is -1.06. The minimum absolute atomic E-state index is 0. The monoisotopic (exact) mass is 336 g/mol. The van der Waals surface area contributed by atoms with Crippen LogP contribution in [0.25, 0.3) is 0 Å². The molecule has 0 bridgehead atoms. The second kappa shape index (κ2) is 9.43. The topological polar surface area (TPSA) is 26.3 Å². The number of aryl methyl sites for hydroxylation is 2. The molecule has 0 fully saturated rings. The van der Waals surface area contributed by atoms with Crippen molar-refractivity contribution in [3.8, 4) is 5.75 Å². The maximum absolute atomic E-state index is 12.8. The van der Waals surface area contributed by atoms with Gasteiger partial charge in [0, 0.05) is 5.56 Å². The first-order valence-electron chi connectivity index (χ1n) is 8.05. The Morgan fingerprint density at radius 1 is 1.00 bits per heavy atom. The van der Waals surface area contributed by atoms with Crippen LogP contribution in [0.2, 0.25) is 0 Å². The summed E-state index contributed by atoms with van der Waals surface area (Å²) in [5.74, 6) is 0.867. The molecule has 0 N–H and O–H groups in total. The van der Waals surface area contributed by atoms with Crippen LogP contribution >= 0.6 is 8.58 Å². The molecule has 124 valence electrons.